The number of thiazole rings is 1. The summed E-state index contributed by atoms with van der Waals surface area (Å²) < 4.78 is 39.0. The van der Waals surface area contributed by atoms with Gasteiger partial charge in [0.1, 0.15) is 12.7 Å². The van der Waals surface area contributed by atoms with Crippen molar-refractivity contribution in [1.82, 2.24) is 25.1 Å². The van der Waals surface area contributed by atoms with E-state index < -0.39 is 17.9 Å². The molecule has 2 aromatic heterocycles. The molecule has 0 saturated carbocycles. The Morgan fingerprint density at radius 1 is 1.32 bits per heavy atom. The number of hydrogen-bond donors (Lipinski definition) is 2. The van der Waals surface area contributed by atoms with Gasteiger partial charge in [-0.1, -0.05) is 12.1 Å². The molecule has 0 saturated heterocycles. The Balaban J connectivity index is 1.57. The van der Waals surface area contributed by atoms with Gasteiger partial charge in [0, 0.05) is 11.9 Å². The number of rotatable bonds is 4. The minimum Gasteiger partial charge on any atom is -0.334 e. The number of alkyl halides is 3. The van der Waals surface area contributed by atoms with Gasteiger partial charge in [0.2, 0.25) is 0 Å². The quantitative estimate of drug-likeness (QED) is 0.741. The van der Waals surface area contributed by atoms with Gasteiger partial charge in [-0.3, -0.25) is 5.32 Å². The summed E-state index contributed by atoms with van der Waals surface area (Å²) in [7, 11) is 0. The van der Waals surface area contributed by atoms with E-state index in [1.54, 1.807) is 29.2 Å². The Bertz CT molecular complexity index is 862. The molecule has 1 aromatic carbocycles. The third-order valence-corrected chi connectivity index (χ3v) is 3.82. The second-order valence-corrected chi connectivity index (χ2v) is 5.71. The highest BCUT2D eigenvalue weighted by molar-refractivity contribution is 7.13. The fourth-order valence-corrected chi connectivity index (χ4v) is 2.65. The van der Waals surface area contributed by atoms with E-state index in [0.29, 0.717) is 11.3 Å². The van der Waals surface area contributed by atoms with E-state index in [2.05, 4.69) is 25.7 Å². The van der Waals surface area contributed by atoms with Gasteiger partial charge < -0.3 is 5.32 Å². The predicted octanol–water partition coefficient (Wildman–Crippen LogP) is 3.06. The molecule has 0 aliphatic carbocycles. The molecule has 0 aliphatic heterocycles. The third kappa shape index (κ3) is 4.32. The average Bonchev–Trinajstić information content (AvgIpc) is 3.24. The van der Waals surface area contributed by atoms with Crippen LogP contribution < -0.4 is 10.6 Å². The Morgan fingerprint density at radius 2 is 2.16 bits per heavy atom. The van der Waals surface area contributed by atoms with Crippen LogP contribution in [0.3, 0.4) is 0 Å². The van der Waals surface area contributed by atoms with Crippen LogP contribution >= 0.6 is 11.3 Å². The number of amides is 2. The van der Waals surface area contributed by atoms with E-state index >= 15 is 0 Å². The average molecular weight is 368 g/mol. The summed E-state index contributed by atoms with van der Waals surface area (Å²) in [5, 5.41) is 9.56. The summed E-state index contributed by atoms with van der Waals surface area (Å²) in [4.78, 5) is 19.0. The summed E-state index contributed by atoms with van der Waals surface area (Å²) in [5.74, 6) is 0. The van der Waals surface area contributed by atoms with Crippen molar-refractivity contribution in [3.05, 3.63) is 53.6 Å². The molecule has 0 spiro atoms. The molecule has 3 rings (SSSR count). The van der Waals surface area contributed by atoms with Crippen LogP contribution in [0.5, 0.6) is 0 Å². The molecule has 0 aliphatic rings. The molecule has 2 N–H and O–H groups in total. The van der Waals surface area contributed by atoms with Gasteiger partial charge in [-0.15, -0.1) is 11.3 Å². The van der Waals surface area contributed by atoms with E-state index in [-0.39, 0.29) is 11.7 Å². The standard InChI is InChI=1S/C14H11F3N6OS/c15-14(16,17)11-6-25-13(21-11)22-12(24)19-5-9-2-1-3-10(4-9)23-8-18-7-20-23/h1-4,6-8H,5H2,(H2,19,21,22,24). The number of nitrogens with one attached hydrogen (secondary N) is 2. The highest BCUT2D eigenvalue weighted by Gasteiger charge is 2.33. The molecular weight excluding hydrogens is 357 g/mol. The van der Waals surface area contributed by atoms with Crippen LogP contribution in [0.1, 0.15) is 11.3 Å². The number of hydrogen-bond acceptors (Lipinski definition) is 5. The zero-order chi connectivity index (χ0) is 17.9. The first kappa shape index (κ1) is 16.9. The van der Waals surface area contributed by atoms with Crippen LogP contribution in [-0.2, 0) is 12.7 Å². The minimum atomic E-state index is -4.53. The normalized spacial score (nSPS) is 11.3. The van der Waals surface area contributed by atoms with Gasteiger partial charge in [0.05, 0.1) is 5.69 Å². The first-order chi connectivity index (χ1) is 11.9. The van der Waals surface area contributed by atoms with Crippen LogP contribution in [0.15, 0.2) is 42.3 Å². The number of urea groups is 1. The van der Waals surface area contributed by atoms with Crippen molar-refractivity contribution >= 4 is 22.5 Å². The zero-order valence-electron chi connectivity index (χ0n) is 12.5. The Kier molecular flexibility index (Phi) is 4.65. The lowest BCUT2D eigenvalue weighted by atomic mass is 10.2. The lowest BCUT2D eigenvalue weighted by Gasteiger charge is -2.07. The van der Waals surface area contributed by atoms with Crippen LogP contribution in [0.2, 0.25) is 0 Å². The first-order valence-corrected chi connectivity index (χ1v) is 7.81. The molecule has 11 heteroatoms. The summed E-state index contributed by atoms with van der Waals surface area (Å²) in [6.07, 6.45) is -1.59. The largest absolute Gasteiger partial charge is 0.434 e. The van der Waals surface area contributed by atoms with Crippen LogP contribution in [0.25, 0.3) is 5.69 Å². The Morgan fingerprint density at radius 3 is 2.84 bits per heavy atom. The molecule has 2 heterocycles. The second kappa shape index (κ2) is 6.89. The van der Waals surface area contributed by atoms with Gasteiger partial charge >= 0.3 is 12.2 Å². The molecule has 2 amide bonds. The summed E-state index contributed by atoms with van der Waals surface area (Å²) in [5.41, 5.74) is 0.526. The van der Waals surface area contributed by atoms with E-state index in [1.165, 1.54) is 6.33 Å². The number of anilines is 1. The van der Waals surface area contributed by atoms with Gasteiger partial charge in [-0.2, -0.15) is 18.3 Å². The zero-order valence-corrected chi connectivity index (χ0v) is 13.3. The molecule has 7 nitrogen and oxygen atoms in total. The van der Waals surface area contributed by atoms with Crippen molar-refractivity contribution in [2.24, 2.45) is 0 Å². The number of carbonyl (C=O) groups excluding carboxylic acids is 1. The van der Waals surface area contributed by atoms with E-state index in [0.717, 1.165) is 16.6 Å². The predicted molar refractivity (Wildman–Crippen MR) is 84.3 cm³/mol. The fourth-order valence-electron chi connectivity index (χ4n) is 1.94. The Labute approximate surface area is 143 Å². The van der Waals surface area contributed by atoms with Crippen molar-refractivity contribution in [2.45, 2.75) is 12.7 Å². The lowest BCUT2D eigenvalue weighted by Crippen LogP contribution is -2.28. The highest BCUT2D eigenvalue weighted by atomic mass is 32.1. The van der Waals surface area contributed by atoms with Crippen molar-refractivity contribution in [3.8, 4) is 5.69 Å². The van der Waals surface area contributed by atoms with Crippen LogP contribution in [0, 0.1) is 0 Å². The van der Waals surface area contributed by atoms with Gasteiger partial charge in [0.25, 0.3) is 0 Å². The Hall–Kier alpha value is -2.95. The molecular formula is C14H11F3N6OS. The molecule has 25 heavy (non-hydrogen) atoms. The number of nitrogens with zero attached hydrogens (tertiary/aromatic N) is 4. The molecule has 3 aromatic rings. The summed E-state index contributed by atoms with van der Waals surface area (Å²) >= 11 is 0.706. The topological polar surface area (TPSA) is 84.7 Å². The summed E-state index contributed by atoms with van der Waals surface area (Å²) in [6, 6.07) is 6.58. The molecule has 0 bridgehead atoms. The number of halogens is 3. The maximum Gasteiger partial charge on any atom is 0.434 e. The summed E-state index contributed by atoms with van der Waals surface area (Å²) in [6.45, 7) is 0.186. The number of benzene rings is 1. The van der Waals surface area contributed by atoms with Crippen molar-refractivity contribution in [2.75, 3.05) is 5.32 Å². The number of aromatic nitrogens is 4. The maximum absolute atomic E-state index is 12.5. The van der Waals surface area contributed by atoms with E-state index in [4.69, 9.17) is 0 Å². The molecule has 0 fully saturated rings. The van der Waals surface area contributed by atoms with Crippen molar-refractivity contribution in [3.63, 3.8) is 0 Å². The second-order valence-electron chi connectivity index (χ2n) is 4.85. The van der Waals surface area contributed by atoms with E-state index in [1.807, 2.05) is 6.07 Å². The monoisotopic (exact) mass is 368 g/mol. The van der Waals surface area contributed by atoms with Crippen molar-refractivity contribution < 1.29 is 18.0 Å². The smallest absolute Gasteiger partial charge is 0.334 e. The molecule has 0 atom stereocenters. The third-order valence-electron chi connectivity index (χ3n) is 3.06. The minimum absolute atomic E-state index is 0.124. The van der Waals surface area contributed by atoms with Crippen molar-refractivity contribution in [1.29, 1.82) is 0 Å². The highest BCUT2D eigenvalue weighted by Crippen LogP contribution is 2.31. The maximum atomic E-state index is 12.5. The fraction of sp³-hybridized carbons (Fsp3) is 0.143. The number of carbonyl (C=O) groups is 1. The first-order valence-electron chi connectivity index (χ1n) is 6.93. The molecule has 130 valence electrons. The van der Waals surface area contributed by atoms with Crippen LogP contribution in [0.4, 0.5) is 23.1 Å². The molecule has 0 unspecified atom stereocenters. The van der Waals surface area contributed by atoms with Gasteiger partial charge in [0.15, 0.2) is 10.8 Å². The van der Waals surface area contributed by atoms with Gasteiger partial charge in [-0.25, -0.2) is 19.4 Å². The van der Waals surface area contributed by atoms with Gasteiger partial charge in [-0.05, 0) is 17.7 Å². The SMILES string of the molecule is O=C(NCc1cccc(-n2cncn2)c1)Nc1nc(C(F)(F)F)cs1. The lowest BCUT2D eigenvalue weighted by molar-refractivity contribution is -0.140. The molecule has 0 radical (unpaired) electrons. The van der Waals surface area contributed by atoms with Crippen LogP contribution in [-0.4, -0.2) is 25.8 Å². The van der Waals surface area contributed by atoms with E-state index in [9.17, 15) is 18.0 Å².